The van der Waals surface area contributed by atoms with Crippen LogP contribution in [0.4, 0.5) is 0 Å². The van der Waals surface area contributed by atoms with Crippen LogP contribution in [0.25, 0.3) is 5.57 Å². The van der Waals surface area contributed by atoms with Gasteiger partial charge in [0.05, 0.1) is 12.1 Å². The molecule has 0 saturated heterocycles. The molecule has 0 unspecified atom stereocenters. The van der Waals surface area contributed by atoms with Crippen LogP contribution in [-0.2, 0) is 6.42 Å². The van der Waals surface area contributed by atoms with Gasteiger partial charge >= 0.3 is 0 Å². The van der Waals surface area contributed by atoms with Gasteiger partial charge in [0.1, 0.15) is 0 Å². The first-order valence-electron chi connectivity index (χ1n) is 9.38. The third-order valence-corrected chi connectivity index (χ3v) is 5.53. The third-order valence-electron chi connectivity index (χ3n) is 4.42. The van der Waals surface area contributed by atoms with Crippen molar-refractivity contribution in [3.63, 3.8) is 0 Å². The van der Waals surface area contributed by atoms with Crippen molar-refractivity contribution in [2.75, 3.05) is 6.54 Å². The van der Waals surface area contributed by atoms with E-state index < -0.39 is 0 Å². The number of hydrogen-bond donors (Lipinski definition) is 0. The van der Waals surface area contributed by atoms with E-state index in [9.17, 15) is 0 Å². The molecule has 28 heavy (non-hydrogen) atoms. The zero-order valence-electron chi connectivity index (χ0n) is 16.4. The van der Waals surface area contributed by atoms with Crippen LogP contribution < -0.4 is 0 Å². The van der Waals surface area contributed by atoms with E-state index in [0.717, 1.165) is 23.6 Å². The summed E-state index contributed by atoms with van der Waals surface area (Å²) in [6.45, 7) is 6.84. The number of nitrogens with zero attached hydrogens (tertiary/aromatic N) is 3. The first kappa shape index (κ1) is 20.5. The van der Waals surface area contributed by atoms with Crippen LogP contribution in [0.1, 0.15) is 54.4 Å². The molecule has 2 aromatic heterocycles. The molecule has 0 radical (unpaired) electrons. The van der Waals surface area contributed by atoms with E-state index in [0.29, 0.717) is 24.7 Å². The number of aliphatic imine (C=N–C) groups is 1. The van der Waals surface area contributed by atoms with E-state index >= 15 is 0 Å². The molecular formula is C22H24ClN3OS. The summed E-state index contributed by atoms with van der Waals surface area (Å²) in [5.41, 5.74) is 4.48. The highest BCUT2D eigenvalue weighted by Crippen LogP contribution is 2.26. The summed E-state index contributed by atoms with van der Waals surface area (Å²) < 4.78 is 5.36. The number of rotatable bonds is 8. The monoisotopic (exact) mass is 413 g/mol. The van der Waals surface area contributed by atoms with Gasteiger partial charge in [-0.25, -0.2) is 0 Å². The number of benzene rings is 1. The van der Waals surface area contributed by atoms with Crippen molar-refractivity contribution in [3.05, 3.63) is 74.5 Å². The number of thiophene rings is 1. The maximum atomic E-state index is 6.20. The summed E-state index contributed by atoms with van der Waals surface area (Å²) in [6.07, 6.45) is 4.72. The Balaban J connectivity index is 1.66. The van der Waals surface area contributed by atoms with Gasteiger partial charge in [0.2, 0.25) is 11.7 Å². The lowest BCUT2D eigenvalue weighted by molar-refractivity contribution is 0.384. The summed E-state index contributed by atoms with van der Waals surface area (Å²) in [5, 5.41) is 6.87. The van der Waals surface area contributed by atoms with Crippen LogP contribution >= 0.6 is 22.9 Å². The Morgan fingerprint density at radius 1 is 1.32 bits per heavy atom. The Morgan fingerprint density at radius 3 is 2.93 bits per heavy atom. The maximum Gasteiger partial charge on any atom is 0.232 e. The highest BCUT2D eigenvalue weighted by molar-refractivity contribution is 7.09. The Labute approximate surface area is 175 Å². The predicted octanol–water partition coefficient (Wildman–Crippen LogP) is 6.38. The van der Waals surface area contributed by atoms with Gasteiger partial charge < -0.3 is 4.52 Å². The molecule has 6 heteroatoms. The molecule has 0 spiro atoms. The Kier molecular flexibility index (Phi) is 7.18. The number of allylic oxidation sites excluding steroid dienone is 1. The highest BCUT2D eigenvalue weighted by Gasteiger charge is 2.11. The minimum Gasteiger partial charge on any atom is -0.339 e. The molecule has 0 atom stereocenters. The summed E-state index contributed by atoms with van der Waals surface area (Å²) in [6, 6.07) is 10.1. The molecule has 0 bridgehead atoms. The molecule has 0 fully saturated rings. The van der Waals surface area contributed by atoms with Crippen molar-refractivity contribution < 1.29 is 4.52 Å². The summed E-state index contributed by atoms with van der Waals surface area (Å²) in [7, 11) is 0. The Morgan fingerprint density at radius 2 is 2.18 bits per heavy atom. The van der Waals surface area contributed by atoms with Crippen molar-refractivity contribution in [2.45, 2.75) is 40.0 Å². The van der Waals surface area contributed by atoms with Crippen molar-refractivity contribution in [1.29, 1.82) is 0 Å². The van der Waals surface area contributed by atoms with Gasteiger partial charge in [-0.2, -0.15) is 4.98 Å². The third kappa shape index (κ3) is 5.40. The molecule has 2 heterocycles. The smallest absolute Gasteiger partial charge is 0.232 e. The molecule has 0 saturated carbocycles. The lowest BCUT2D eigenvalue weighted by atomic mass is 9.97. The molecule has 0 amide bonds. The molecule has 1 aromatic carbocycles. The van der Waals surface area contributed by atoms with E-state index in [-0.39, 0.29) is 0 Å². The standard InChI is InChI=1S/C22H24ClN3OS/c1-4-6-17(20-13-18(23)9-8-15(20)2)10-11-24-16(3)22-25-21(27-26-22)14-19-7-5-12-28-19/h5-9,12-13H,4,10-11,14H2,1-3H3. The number of hydrogen-bond acceptors (Lipinski definition) is 5. The van der Waals surface area contributed by atoms with Crippen LogP contribution in [0, 0.1) is 6.92 Å². The van der Waals surface area contributed by atoms with Crippen LogP contribution in [-0.4, -0.2) is 22.4 Å². The summed E-state index contributed by atoms with van der Waals surface area (Å²) >= 11 is 7.88. The first-order valence-corrected chi connectivity index (χ1v) is 10.6. The minimum absolute atomic E-state index is 0.562. The van der Waals surface area contributed by atoms with E-state index in [2.05, 4.69) is 47.2 Å². The molecule has 3 rings (SSSR count). The first-order chi connectivity index (χ1) is 13.6. The van der Waals surface area contributed by atoms with Crippen molar-refractivity contribution >= 4 is 34.2 Å². The Bertz CT molecular complexity index is 974. The molecular weight excluding hydrogens is 390 g/mol. The van der Waals surface area contributed by atoms with Crippen LogP contribution in [0.15, 0.2) is 51.3 Å². The van der Waals surface area contributed by atoms with Crippen molar-refractivity contribution in [1.82, 2.24) is 10.1 Å². The second-order valence-corrected chi connectivity index (χ2v) is 8.05. The number of aryl methyl sites for hydroxylation is 1. The van der Waals surface area contributed by atoms with Gasteiger partial charge in [-0.1, -0.05) is 41.9 Å². The van der Waals surface area contributed by atoms with E-state index in [1.54, 1.807) is 11.3 Å². The minimum atomic E-state index is 0.562. The molecule has 0 N–H and O–H groups in total. The fourth-order valence-electron chi connectivity index (χ4n) is 2.98. The summed E-state index contributed by atoms with van der Waals surface area (Å²) in [5.74, 6) is 1.18. The molecule has 0 aliphatic heterocycles. The normalized spacial score (nSPS) is 12.6. The van der Waals surface area contributed by atoms with Gasteiger partial charge in [0, 0.05) is 16.4 Å². The number of aromatic nitrogens is 2. The van der Waals surface area contributed by atoms with Gasteiger partial charge in [-0.15, -0.1) is 11.3 Å². The second kappa shape index (κ2) is 9.80. The van der Waals surface area contributed by atoms with Crippen LogP contribution in [0.2, 0.25) is 5.02 Å². The summed E-state index contributed by atoms with van der Waals surface area (Å²) in [4.78, 5) is 10.3. The van der Waals surface area contributed by atoms with Crippen LogP contribution in [0.3, 0.4) is 0 Å². The van der Waals surface area contributed by atoms with Crippen molar-refractivity contribution in [2.24, 2.45) is 4.99 Å². The molecule has 3 aromatic rings. The topological polar surface area (TPSA) is 51.3 Å². The van der Waals surface area contributed by atoms with Crippen LogP contribution in [0.5, 0.6) is 0 Å². The lowest BCUT2D eigenvalue weighted by Gasteiger charge is -2.11. The zero-order valence-corrected chi connectivity index (χ0v) is 18.0. The predicted molar refractivity (Wildman–Crippen MR) is 118 cm³/mol. The van der Waals surface area contributed by atoms with Gasteiger partial charge in [0.25, 0.3) is 0 Å². The van der Waals surface area contributed by atoms with Gasteiger partial charge in [0.15, 0.2) is 0 Å². The molecule has 146 valence electrons. The Hall–Kier alpha value is -2.24. The molecule has 0 aliphatic rings. The average Bonchev–Trinajstić information content (AvgIpc) is 3.35. The fraction of sp³-hybridized carbons (Fsp3) is 0.318. The zero-order chi connectivity index (χ0) is 19.9. The van der Waals surface area contributed by atoms with Gasteiger partial charge in [-0.05, 0) is 67.0 Å². The number of halogens is 1. The van der Waals surface area contributed by atoms with E-state index in [1.807, 2.05) is 30.5 Å². The van der Waals surface area contributed by atoms with Crippen molar-refractivity contribution in [3.8, 4) is 0 Å². The van der Waals surface area contributed by atoms with E-state index in [1.165, 1.54) is 21.6 Å². The SMILES string of the molecule is CCC=C(CCN=C(C)c1noc(Cc2cccs2)n1)c1cc(Cl)ccc1C. The maximum absolute atomic E-state index is 6.20. The van der Waals surface area contributed by atoms with E-state index in [4.69, 9.17) is 16.1 Å². The largest absolute Gasteiger partial charge is 0.339 e. The highest BCUT2D eigenvalue weighted by atomic mass is 35.5. The fourth-order valence-corrected chi connectivity index (χ4v) is 3.85. The van der Waals surface area contributed by atoms with Gasteiger partial charge in [-0.3, -0.25) is 4.99 Å². The average molecular weight is 414 g/mol. The molecule has 4 nitrogen and oxygen atoms in total. The molecule has 0 aliphatic carbocycles. The lowest BCUT2D eigenvalue weighted by Crippen LogP contribution is -2.00. The second-order valence-electron chi connectivity index (χ2n) is 6.58. The quantitative estimate of drug-likeness (QED) is 0.403.